The number of hydrogen-bond acceptors (Lipinski definition) is 6. The number of nitrogens with zero attached hydrogens (tertiary/aromatic N) is 1. The van der Waals surface area contributed by atoms with Crippen LogP contribution in [0.25, 0.3) is 0 Å². The highest BCUT2D eigenvalue weighted by atomic mass is 32.1. The molecule has 10 heteroatoms. The molecule has 2 N–H and O–H groups in total. The van der Waals surface area contributed by atoms with Crippen molar-refractivity contribution in [2.45, 2.75) is 43.8 Å². The van der Waals surface area contributed by atoms with Gasteiger partial charge in [0.25, 0.3) is 0 Å². The highest BCUT2D eigenvalue weighted by Crippen LogP contribution is 2.46. The summed E-state index contributed by atoms with van der Waals surface area (Å²) in [6, 6.07) is 4.49. The maximum Gasteiger partial charge on any atom is 0.416 e. The molecule has 1 aliphatic carbocycles. The molecule has 162 valence electrons. The molecule has 30 heavy (non-hydrogen) atoms. The van der Waals surface area contributed by atoms with Gasteiger partial charge in [0.1, 0.15) is 16.9 Å². The zero-order chi connectivity index (χ0) is 21.5. The monoisotopic (exact) mass is 443 g/mol. The molecule has 5 atom stereocenters. The number of ether oxygens (including phenoxy) is 2. The van der Waals surface area contributed by atoms with Crippen molar-refractivity contribution < 1.29 is 37.7 Å². The summed E-state index contributed by atoms with van der Waals surface area (Å²) in [7, 11) is 0. The van der Waals surface area contributed by atoms with Crippen LogP contribution in [-0.4, -0.2) is 40.0 Å². The van der Waals surface area contributed by atoms with E-state index in [0.717, 1.165) is 18.6 Å². The number of thiazole rings is 1. The number of aliphatic hydroxyl groups excluding tert-OH is 1. The normalized spacial score (nSPS) is 28.9. The molecule has 1 aromatic heterocycles. The Bertz CT molecular complexity index is 901. The van der Waals surface area contributed by atoms with Crippen molar-refractivity contribution in [2.24, 2.45) is 11.8 Å². The van der Waals surface area contributed by atoms with Gasteiger partial charge in [0.2, 0.25) is 0 Å². The van der Waals surface area contributed by atoms with Crippen LogP contribution < -0.4 is 4.74 Å². The second-order valence-electron chi connectivity index (χ2n) is 7.58. The van der Waals surface area contributed by atoms with Gasteiger partial charge in [-0.2, -0.15) is 13.2 Å². The first-order valence-electron chi connectivity index (χ1n) is 9.54. The summed E-state index contributed by atoms with van der Waals surface area (Å²) in [6.07, 6.45) is -3.69. The summed E-state index contributed by atoms with van der Waals surface area (Å²) in [5, 5.41) is 21.6. The SMILES string of the molecule is O=C(O)c1csc([C@H]2CC[C@@H]3[C@H](COc4ccc(C(F)(F)F)cc4)[C@H](O)C[C@@H]3O2)n1. The summed E-state index contributed by atoms with van der Waals surface area (Å²) in [6.45, 7) is 0.183. The fourth-order valence-electron chi connectivity index (χ4n) is 4.21. The van der Waals surface area contributed by atoms with Crippen molar-refractivity contribution in [2.75, 3.05) is 6.61 Å². The van der Waals surface area contributed by atoms with E-state index in [1.165, 1.54) is 28.8 Å². The van der Waals surface area contributed by atoms with Crippen LogP contribution >= 0.6 is 11.3 Å². The van der Waals surface area contributed by atoms with E-state index in [0.29, 0.717) is 23.6 Å². The molecular formula is C20H20F3NO5S. The number of aromatic carboxylic acids is 1. The molecule has 0 amide bonds. The number of carboxylic acids is 1. The average molecular weight is 443 g/mol. The number of rotatable bonds is 5. The van der Waals surface area contributed by atoms with Crippen molar-refractivity contribution in [1.29, 1.82) is 0 Å². The second-order valence-corrected chi connectivity index (χ2v) is 8.47. The standard InChI is InChI=1S/C20H20F3NO5S/c21-20(22,23)10-1-3-11(4-2-10)28-8-13-12-5-6-16(29-17(12)7-15(13)25)18-24-14(9-30-18)19(26)27/h1-4,9,12-13,15-17,25H,5-8H2,(H,26,27)/t12-,13+,15-,16-,17+/m1/s1. The molecule has 1 saturated heterocycles. The largest absolute Gasteiger partial charge is 0.493 e. The van der Waals surface area contributed by atoms with Gasteiger partial charge in [-0.05, 0) is 43.0 Å². The number of benzene rings is 1. The fourth-order valence-corrected chi connectivity index (χ4v) is 5.07. The number of aliphatic hydroxyl groups is 1. The first-order valence-corrected chi connectivity index (χ1v) is 10.4. The van der Waals surface area contributed by atoms with Gasteiger partial charge in [-0.25, -0.2) is 9.78 Å². The van der Waals surface area contributed by atoms with Gasteiger partial charge >= 0.3 is 12.1 Å². The molecule has 4 rings (SSSR count). The Hall–Kier alpha value is -2.17. The lowest BCUT2D eigenvalue weighted by molar-refractivity contribution is -0.137. The third-order valence-corrected chi connectivity index (χ3v) is 6.67. The molecule has 0 bridgehead atoms. The maximum atomic E-state index is 12.7. The highest BCUT2D eigenvalue weighted by Gasteiger charge is 2.47. The zero-order valence-corrected chi connectivity index (χ0v) is 16.5. The van der Waals surface area contributed by atoms with E-state index in [2.05, 4.69) is 4.98 Å². The molecule has 2 aliphatic rings. The van der Waals surface area contributed by atoms with E-state index < -0.39 is 23.8 Å². The van der Waals surface area contributed by atoms with E-state index in [1.54, 1.807) is 0 Å². The van der Waals surface area contributed by atoms with E-state index in [-0.39, 0.29) is 36.3 Å². The van der Waals surface area contributed by atoms with Crippen LogP contribution in [0.4, 0.5) is 13.2 Å². The zero-order valence-electron chi connectivity index (χ0n) is 15.7. The Morgan fingerprint density at radius 1 is 1.27 bits per heavy atom. The summed E-state index contributed by atoms with van der Waals surface area (Å²) in [5.41, 5.74) is -0.745. The Kier molecular flexibility index (Phi) is 5.73. The van der Waals surface area contributed by atoms with Crippen molar-refractivity contribution in [1.82, 2.24) is 4.98 Å². The lowest BCUT2D eigenvalue weighted by atomic mass is 9.87. The molecule has 6 nitrogen and oxygen atoms in total. The minimum absolute atomic E-state index is 0.00463. The van der Waals surface area contributed by atoms with Crippen molar-refractivity contribution in [3.8, 4) is 5.75 Å². The molecule has 0 spiro atoms. The van der Waals surface area contributed by atoms with Crippen LogP contribution in [0.1, 0.15) is 46.4 Å². The predicted octanol–water partition coefficient (Wildman–Crippen LogP) is 4.16. The summed E-state index contributed by atoms with van der Waals surface area (Å²) >= 11 is 1.25. The van der Waals surface area contributed by atoms with E-state index in [9.17, 15) is 23.1 Å². The van der Waals surface area contributed by atoms with Gasteiger partial charge in [-0.15, -0.1) is 11.3 Å². The molecule has 0 radical (unpaired) electrons. The van der Waals surface area contributed by atoms with E-state index in [4.69, 9.17) is 14.6 Å². The van der Waals surface area contributed by atoms with Crippen molar-refractivity contribution in [3.63, 3.8) is 0 Å². The molecule has 0 unspecified atom stereocenters. The summed E-state index contributed by atoms with van der Waals surface area (Å²) in [5.74, 6) is -0.895. The first-order chi connectivity index (χ1) is 14.2. The van der Waals surface area contributed by atoms with Crippen LogP contribution in [0.2, 0.25) is 0 Å². The molecule has 2 aromatic rings. The minimum Gasteiger partial charge on any atom is -0.493 e. The predicted molar refractivity (Wildman–Crippen MR) is 100 cm³/mol. The number of halogens is 3. The Balaban J connectivity index is 1.36. The molecule has 2 fully saturated rings. The molecule has 1 aromatic carbocycles. The third kappa shape index (κ3) is 4.30. The molecule has 1 saturated carbocycles. The van der Waals surface area contributed by atoms with Gasteiger partial charge in [0.15, 0.2) is 5.69 Å². The number of hydrogen-bond donors (Lipinski definition) is 2. The quantitative estimate of drug-likeness (QED) is 0.722. The number of aromatic nitrogens is 1. The van der Waals surface area contributed by atoms with Crippen LogP contribution in [0.3, 0.4) is 0 Å². The number of alkyl halides is 3. The van der Waals surface area contributed by atoms with Crippen LogP contribution in [-0.2, 0) is 10.9 Å². The van der Waals surface area contributed by atoms with Crippen LogP contribution in [0.15, 0.2) is 29.6 Å². The van der Waals surface area contributed by atoms with Gasteiger partial charge in [0, 0.05) is 17.7 Å². The Morgan fingerprint density at radius 3 is 2.63 bits per heavy atom. The van der Waals surface area contributed by atoms with E-state index >= 15 is 0 Å². The minimum atomic E-state index is -4.40. The second kappa shape index (κ2) is 8.16. The smallest absolute Gasteiger partial charge is 0.416 e. The molecule has 1 aliphatic heterocycles. The van der Waals surface area contributed by atoms with Crippen LogP contribution in [0, 0.1) is 11.8 Å². The van der Waals surface area contributed by atoms with Gasteiger partial charge in [0.05, 0.1) is 24.4 Å². The molecular weight excluding hydrogens is 423 g/mol. The van der Waals surface area contributed by atoms with Crippen LogP contribution in [0.5, 0.6) is 5.75 Å². The first kappa shape index (κ1) is 21.1. The number of carboxylic acid groups (broad SMARTS) is 1. The lowest BCUT2D eigenvalue weighted by Gasteiger charge is -2.33. The Morgan fingerprint density at radius 2 is 2.00 bits per heavy atom. The third-order valence-electron chi connectivity index (χ3n) is 5.74. The van der Waals surface area contributed by atoms with Crippen molar-refractivity contribution >= 4 is 17.3 Å². The highest BCUT2D eigenvalue weighted by molar-refractivity contribution is 7.09. The summed E-state index contributed by atoms with van der Waals surface area (Å²) in [4.78, 5) is 15.1. The Labute approximate surface area is 174 Å². The fraction of sp³-hybridized carbons (Fsp3) is 0.500. The van der Waals surface area contributed by atoms with E-state index in [1.807, 2.05) is 0 Å². The van der Waals surface area contributed by atoms with Gasteiger partial charge in [-0.3, -0.25) is 0 Å². The number of carbonyl (C=O) groups is 1. The maximum absolute atomic E-state index is 12.7. The van der Waals surface area contributed by atoms with Gasteiger partial charge in [-0.1, -0.05) is 0 Å². The average Bonchev–Trinajstić information content (AvgIpc) is 3.30. The van der Waals surface area contributed by atoms with Crippen molar-refractivity contribution in [3.05, 3.63) is 45.9 Å². The topological polar surface area (TPSA) is 88.9 Å². The number of fused-ring (bicyclic) bond motifs is 1. The molecule has 2 heterocycles. The summed E-state index contributed by atoms with van der Waals surface area (Å²) < 4.78 is 49.8. The van der Waals surface area contributed by atoms with Gasteiger partial charge < -0.3 is 19.7 Å². The lowest BCUT2D eigenvalue weighted by Crippen LogP contribution is -2.33.